The summed E-state index contributed by atoms with van der Waals surface area (Å²) in [7, 11) is 0. The fourth-order valence-electron chi connectivity index (χ4n) is 4.43. The number of halogens is 4. The van der Waals surface area contributed by atoms with Gasteiger partial charge in [-0.15, -0.1) is 12.4 Å². The number of piperidine rings is 2. The highest BCUT2D eigenvalue weighted by molar-refractivity contribution is 6.01. The number of hydrogen-bond acceptors (Lipinski definition) is 6. The molecule has 0 spiro atoms. The van der Waals surface area contributed by atoms with Gasteiger partial charge in [0.05, 0.1) is 18.3 Å². The van der Waals surface area contributed by atoms with Crippen molar-refractivity contribution in [2.75, 3.05) is 49.5 Å². The van der Waals surface area contributed by atoms with E-state index in [1.165, 1.54) is 6.07 Å². The SMILES string of the molecule is Cl.O=C1CCC(Nc2ccc(N3CCN(C4CCNCC4(F)F)CC3)c(F)c2)C(=O)N1. The second-order valence-corrected chi connectivity index (χ2v) is 8.08. The zero-order valence-corrected chi connectivity index (χ0v) is 17.8. The van der Waals surface area contributed by atoms with Crippen molar-refractivity contribution in [1.29, 1.82) is 0 Å². The number of amides is 2. The minimum Gasteiger partial charge on any atom is -0.374 e. The highest BCUT2D eigenvalue weighted by Gasteiger charge is 2.45. The molecule has 0 radical (unpaired) electrons. The number of imide groups is 1. The van der Waals surface area contributed by atoms with Gasteiger partial charge in [0.15, 0.2) is 0 Å². The summed E-state index contributed by atoms with van der Waals surface area (Å²) in [5.74, 6) is -3.91. The predicted molar refractivity (Wildman–Crippen MR) is 113 cm³/mol. The van der Waals surface area contributed by atoms with Crippen molar-refractivity contribution in [3.63, 3.8) is 0 Å². The largest absolute Gasteiger partial charge is 0.374 e. The van der Waals surface area contributed by atoms with Crippen molar-refractivity contribution in [3.8, 4) is 0 Å². The molecule has 2 amide bonds. The van der Waals surface area contributed by atoms with Crippen molar-refractivity contribution in [2.24, 2.45) is 0 Å². The van der Waals surface area contributed by atoms with Crippen LogP contribution in [0.25, 0.3) is 0 Å². The summed E-state index contributed by atoms with van der Waals surface area (Å²) >= 11 is 0. The Morgan fingerprint density at radius 2 is 1.84 bits per heavy atom. The van der Waals surface area contributed by atoms with Gasteiger partial charge < -0.3 is 15.5 Å². The summed E-state index contributed by atoms with van der Waals surface area (Å²) in [5, 5.41) is 7.96. The van der Waals surface area contributed by atoms with Gasteiger partial charge in [0.25, 0.3) is 5.92 Å². The molecule has 3 aliphatic heterocycles. The fourth-order valence-corrected chi connectivity index (χ4v) is 4.43. The van der Waals surface area contributed by atoms with Gasteiger partial charge in [-0.1, -0.05) is 0 Å². The summed E-state index contributed by atoms with van der Waals surface area (Å²) in [6.07, 6.45) is 1.00. The summed E-state index contributed by atoms with van der Waals surface area (Å²) < 4.78 is 43.1. The Balaban J connectivity index is 0.00000272. The number of hydrogen-bond donors (Lipinski definition) is 3. The number of rotatable bonds is 4. The third-order valence-corrected chi connectivity index (χ3v) is 6.07. The normalized spacial score (nSPS) is 26.7. The maximum Gasteiger partial charge on any atom is 0.275 e. The van der Waals surface area contributed by atoms with E-state index in [1.807, 2.05) is 9.80 Å². The molecule has 7 nitrogen and oxygen atoms in total. The Morgan fingerprint density at radius 1 is 1.10 bits per heavy atom. The van der Waals surface area contributed by atoms with E-state index in [-0.39, 0.29) is 31.3 Å². The first-order valence-corrected chi connectivity index (χ1v) is 10.3. The maximum atomic E-state index is 14.7. The van der Waals surface area contributed by atoms with Crippen LogP contribution in [0.15, 0.2) is 18.2 Å². The Bertz CT molecular complexity index is 820. The van der Waals surface area contributed by atoms with E-state index in [9.17, 15) is 22.8 Å². The molecule has 2 unspecified atom stereocenters. The molecular formula is C20H27ClF3N5O2. The van der Waals surface area contributed by atoms with E-state index in [1.54, 1.807) is 12.1 Å². The van der Waals surface area contributed by atoms with Crippen LogP contribution in [0.5, 0.6) is 0 Å². The molecule has 4 rings (SSSR count). The average Bonchev–Trinajstić information content (AvgIpc) is 2.70. The molecule has 0 aliphatic carbocycles. The van der Waals surface area contributed by atoms with Crippen LogP contribution in [0.1, 0.15) is 19.3 Å². The maximum absolute atomic E-state index is 14.7. The topological polar surface area (TPSA) is 76.7 Å². The molecule has 0 bridgehead atoms. The average molecular weight is 462 g/mol. The number of alkyl halides is 2. The number of carbonyl (C=O) groups is 2. The van der Waals surface area contributed by atoms with Crippen LogP contribution in [0.2, 0.25) is 0 Å². The minimum absolute atomic E-state index is 0. The second-order valence-electron chi connectivity index (χ2n) is 8.08. The van der Waals surface area contributed by atoms with E-state index < -0.39 is 29.7 Å². The van der Waals surface area contributed by atoms with Gasteiger partial charge >= 0.3 is 0 Å². The number of nitrogens with zero attached hydrogens (tertiary/aromatic N) is 2. The lowest BCUT2D eigenvalue weighted by atomic mass is 9.99. The number of carbonyl (C=O) groups excluding carboxylic acids is 2. The third-order valence-electron chi connectivity index (χ3n) is 6.07. The first-order valence-electron chi connectivity index (χ1n) is 10.3. The van der Waals surface area contributed by atoms with Crippen molar-refractivity contribution in [3.05, 3.63) is 24.0 Å². The Labute approximate surface area is 185 Å². The molecule has 11 heteroatoms. The molecule has 3 fully saturated rings. The van der Waals surface area contributed by atoms with Gasteiger partial charge in [0, 0.05) is 38.3 Å². The third kappa shape index (κ3) is 5.24. The van der Waals surface area contributed by atoms with E-state index >= 15 is 0 Å². The Morgan fingerprint density at radius 3 is 2.48 bits per heavy atom. The molecular weight excluding hydrogens is 435 g/mol. The van der Waals surface area contributed by atoms with Gasteiger partial charge in [-0.25, -0.2) is 13.2 Å². The van der Waals surface area contributed by atoms with Crippen LogP contribution in [-0.4, -0.2) is 74.0 Å². The number of benzene rings is 1. The van der Waals surface area contributed by atoms with Crippen molar-refractivity contribution >= 4 is 35.6 Å². The van der Waals surface area contributed by atoms with Gasteiger partial charge in [-0.05, 0) is 37.6 Å². The van der Waals surface area contributed by atoms with Crippen molar-refractivity contribution in [2.45, 2.75) is 37.3 Å². The van der Waals surface area contributed by atoms with Gasteiger partial charge in [-0.3, -0.25) is 19.8 Å². The Hall–Kier alpha value is -2.04. The summed E-state index contributed by atoms with van der Waals surface area (Å²) in [4.78, 5) is 26.8. The summed E-state index contributed by atoms with van der Waals surface area (Å²) in [6, 6.07) is 3.30. The molecule has 0 saturated carbocycles. The molecule has 0 aromatic heterocycles. The number of piperazine rings is 1. The van der Waals surface area contributed by atoms with E-state index in [4.69, 9.17) is 0 Å². The zero-order chi connectivity index (χ0) is 21.3. The number of nitrogens with one attached hydrogen (secondary N) is 3. The van der Waals surface area contributed by atoms with Crippen LogP contribution >= 0.6 is 12.4 Å². The van der Waals surface area contributed by atoms with E-state index in [0.717, 1.165) is 0 Å². The predicted octanol–water partition coefficient (Wildman–Crippen LogP) is 1.58. The smallest absolute Gasteiger partial charge is 0.275 e. The molecule has 1 aromatic rings. The summed E-state index contributed by atoms with van der Waals surface area (Å²) in [5.41, 5.74) is 0.874. The monoisotopic (exact) mass is 461 g/mol. The molecule has 2 atom stereocenters. The van der Waals surface area contributed by atoms with Crippen LogP contribution in [0.4, 0.5) is 24.5 Å². The zero-order valence-electron chi connectivity index (χ0n) is 17.0. The van der Waals surface area contributed by atoms with Crippen LogP contribution < -0.4 is 20.9 Å². The molecule has 3 aliphatic rings. The lowest BCUT2D eigenvalue weighted by Crippen LogP contribution is -2.61. The highest BCUT2D eigenvalue weighted by Crippen LogP contribution is 2.30. The Kier molecular flexibility index (Phi) is 7.33. The van der Waals surface area contributed by atoms with Crippen molar-refractivity contribution < 1.29 is 22.8 Å². The molecule has 3 heterocycles. The van der Waals surface area contributed by atoms with Crippen LogP contribution in [0.3, 0.4) is 0 Å². The van der Waals surface area contributed by atoms with E-state index in [2.05, 4.69) is 16.0 Å². The standard InChI is InChI=1S/C20H26F3N5O2.ClH/c21-14-11-13(25-15-2-4-18(29)26-19(15)30)1-3-16(14)27-7-9-28(10-8-27)17-5-6-24-12-20(17,22)23;/h1,3,11,15,17,24-25H,2,4-10,12H2,(H,26,29,30);1H. The quantitative estimate of drug-likeness (QED) is 0.591. The molecule has 3 N–H and O–H groups in total. The first kappa shape index (κ1) is 23.6. The van der Waals surface area contributed by atoms with Gasteiger partial charge in [-0.2, -0.15) is 0 Å². The van der Waals surface area contributed by atoms with Crippen LogP contribution in [0, 0.1) is 5.82 Å². The van der Waals surface area contributed by atoms with Crippen molar-refractivity contribution in [1.82, 2.24) is 15.5 Å². The van der Waals surface area contributed by atoms with Gasteiger partial charge in [0.2, 0.25) is 11.8 Å². The fraction of sp³-hybridized carbons (Fsp3) is 0.600. The van der Waals surface area contributed by atoms with Gasteiger partial charge in [0.1, 0.15) is 11.9 Å². The molecule has 1 aromatic carbocycles. The van der Waals surface area contributed by atoms with Crippen LogP contribution in [-0.2, 0) is 9.59 Å². The number of anilines is 2. The molecule has 3 saturated heterocycles. The summed E-state index contributed by atoms with van der Waals surface area (Å²) in [6.45, 7) is 2.13. The van der Waals surface area contributed by atoms with E-state index in [0.29, 0.717) is 56.9 Å². The lowest BCUT2D eigenvalue weighted by molar-refractivity contribution is -0.133. The highest BCUT2D eigenvalue weighted by atomic mass is 35.5. The first-order chi connectivity index (χ1) is 14.3. The minimum atomic E-state index is -2.75. The second kappa shape index (κ2) is 9.62. The molecule has 31 heavy (non-hydrogen) atoms. The lowest BCUT2D eigenvalue weighted by Gasteiger charge is -2.44. The molecule has 172 valence electrons.